The van der Waals surface area contributed by atoms with Crippen molar-refractivity contribution in [1.29, 1.82) is 0 Å². The van der Waals surface area contributed by atoms with Crippen molar-refractivity contribution in [2.24, 2.45) is 0 Å². The predicted octanol–water partition coefficient (Wildman–Crippen LogP) is 11.8. The average molecular weight is 560 g/mol. The van der Waals surface area contributed by atoms with Gasteiger partial charge in [0, 0.05) is 38.6 Å². The predicted molar refractivity (Wildman–Crippen MR) is 186 cm³/mol. The van der Waals surface area contributed by atoms with Crippen molar-refractivity contribution in [3.63, 3.8) is 0 Å². The molecule has 10 aromatic rings. The Hall–Kier alpha value is -5.86. The number of nitrogens with zero attached hydrogens (tertiary/aromatic N) is 1. The molecule has 0 saturated carbocycles. The molecule has 0 spiro atoms. The summed E-state index contributed by atoms with van der Waals surface area (Å²) < 4.78 is 8.99. The van der Waals surface area contributed by atoms with E-state index in [9.17, 15) is 0 Å². The molecule has 44 heavy (non-hydrogen) atoms. The van der Waals surface area contributed by atoms with E-state index in [2.05, 4.69) is 150 Å². The topological polar surface area (TPSA) is 17.6 Å². The van der Waals surface area contributed by atoms with Crippen LogP contribution in [0.3, 0.4) is 0 Å². The van der Waals surface area contributed by atoms with Crippen molar-refractivity contribution in [3.05, 3.63) is 152 Å². The third-order valence-corrected chi connectivity index (χ3v) is 9.33. The van der Waals surface area contributed by atoms with Crippen LogP contribution in [0.15, 0.2) is 156 Å². The van der Waals surface area contributed by atoms with Gasteiger partial charge in [-0.15, -0.1) is 0 Å². The zero-order valence-electron chi connectivity index (χ0n) is 23.8. The maximum absolute atomic E-state index is 6.50. The number of fused-ring (bicyclic) bond motifs is 14. The van der Waals surface area contributed by atoms with Gasteiger partial charge in [0.25, 0.3) is 0 Å². The van der Waals surface area contributed by atoms with Crippen molar-refractivity contribution < 1.29 is 4.42 Å². The molecular formula is C42H25NO. The maximum Gasteiger partial charge on any atom is 0.137 e. The standard InChI is InChI=1S/C42H25NO/c1-3-13-26(14-4-1)33-24-36(27-15-5-2-6-16-27)43-37-25-39-34(30-19-11-12-22-38(30)44-39)23-35(37)40-31-20-9-7-17-28(31)29-18-8-10-21-32(29)41(40)42(33)43/h1-25H. The number of furan rings is 1. The van der Waals surface area contributed by atoms with E-state index in [1.165, 1.54) is 65.6 Å². The van der Waals surface area contributed by atoms with Crippen molar-refractivity contribution in [3.8, 4) is 22.4 Å². The van der Waals surface area contributed by atoms with Crippen LogP contribution in [-0.4, -0.2) is 4.40 Å². The minimum Gasteiger partial charge on any atom is -0.456 e. The smallest absolute Gasteiger partial charge is 0.137 e. The molecule has 0 aliphatic heterocycles. The highest BCUT2D eigenvalue weighted by atomic mass is 16.3. The van der Waals surface area contributed by atoms with Gasteiger partial charge in [0.05, 0.1) is 16.7 Å². The van der Waals surface area contributed by atoms with Crippen LogP contribution in [0, 0.1) is 0 Å². The summed E-state index contributed by atoms with van der Waals surface area (Å²) in [5.74, 6) is 0. The van der Waals surface area contributed by atoms with Gasteiger partial charge in [-0.05, 0) is 50.9 Å². The molecule has 0 amide bonds. The molecule has 3 aromatic heterocycles. The summed E-state index contributed by atoms with van der Waals surface area (Å²) in [6.45, 7) is 0. The summed E-state index contributed by atoms with van der Waals surface area (Å²) in [6, 6.07) is 54.8. The Balaban J connectivity index is 1.58. The molecule has 3 heterocycles. The van der Waals surface area contributed by atoms with Gasteiger partial charge in [-0.25, -0.2) is 0 Å². The zero-order valence-corrected chi connectivity index (χ0v) is 23.8. The summed E-state index contributed by atoms with van der Waals surface area (Å²) in [5, 5.41) is 11.1. The second kappa shape index (κ2) is 8.82. The maximum atomic E-state index is 6.50. The van der Waals surface area contributed by atoms with E-state index in [1.807, 2.05) is 6.07 Å². The number of para-hydroxylation sites is 1. The van der Waals surface area contributed by atoms with Gasteiger partial charge in [0.2, 0.25) is 0 Å². The number of benzene rings is 7. The van der Waals surface area contributed by atoms with E-state index in [0.717, 1.165) is 27.5 Å². The quantitative estimate of drug-likeness (QED) is 0.193. The third-order valence-electron chi connectivity index (χ3n) is 9.33. The van der Waals surface area contributed by atoms with Crippen LogP contribution in [-0.2, 0) is 0 Å². The van der Waals surface area contributed by atoms with Crippen molar-refractivity contribution in [2.75, 3.05) is 0 Å². The molecule has 2 heteroatoms. The summed E-state index contributed by atoms with van der Waals surface area (Å²) >= 11 is 0. The first kappa shape index (κ1) is 23.7. The first-order chi connectivity index (χ1) is 21.8. The van der Waals surface area contributed by atoms with Crippen LogP contribution in [0.5, 0.6) is 0 Å². The zero-order chi connectivity index (χ0) is 28.8. The normalized spacial score (nSPS) is 12.1. The lowest BCUT2D eigenvalue weighted by Gasteiger charge is -2.18. The minimum atomic E-state index is 0.901. The number of hydrogen-bond acceptors (Lipinski definition) is 1. The fourth-order valence-electron chi connectivity index (χ4n) is 7.48. The van der Waals surface area contributed by atoms with Crippen LogP contribution in [0.25, 0.3) is 93.1 Å². The summed E-state index contributed by atoms with van der Waals surface area (Å²) in [4.78, 5) is 0. The molecule has 0 unspecified atom stereocenters. The Morgan fingerprint density at radius 2 is 0.955 bits per heavy atom. The molecule has 10 rings (SSSR count). The van der Waals surface area contributed by atoms with Gasteiger partial charge >= 0.3 is 0 Å². The molecule has 0 N–H and O–H groups in total. The lowest BCUT2D eigenvalue weighted by atomic mass is 9.90. The average Bonchev–Trinajstić information content (AvgIpc) is 3.67. The van der Waals surface area contributed by atoms with E-state index < -0.39 is 0 Å². The van der Waals surface area contributed by atoms with Crippen LogP contribution in [0.4, 0.5) is 0 Å². The lowest BCUT2D eigenvalue weighted by Crippen LogP contribution is -1.96. The molecule has 0 aliphatic rings. The van der Waals surface area contributed by atoms with Gasteiger partial charge in [0.15, 0.2) is 0 Å². The second-order valence-corrected chi connectivity index (χ2v) is 11.7. The highest BCUT2D eigenvalue weighted by molar-refractivity contribution is 6.36. The Kier molecular flexibility index (Phi) is 4.75. The van der Waals surface area contributed by atoms with Gasteiger partial charge in [-0.2, -0.15) is 0 Å². The second-order valence-electron chi connectivity index (χ2n) is 11.7. The molecule has 0 fully saturated rings. The molecule has 0 atom stereocenters. The number of pyridine rings is 1. The van der Waals surface area contributed by atoms with Crippen LogP contribution >= 0.6 is 0 Å². The van der Waals surface area contributed by atoms with Crippen molar-refractivity contribution >= 4 is 70.7 Å². The SMILES string of the molecule is c1ccc(-c2cc(-c3ccccc3)n3c4cc5oc6ccccc6c5cc4c4c5ccccc5c5ccccc5c4c23)cc1. The fourth-order valence-corrected chi connectivity index (χ4v) is 7.48. The Morgan fingerprint density at radius 1 is 0.386 bits per heavy atom. The van der Waals surface area contributed by atoms with Crippen molar-refractivity contribution in [1.82, 2.24) is 4.40 Å². The van der Waals surface area contributed by atoms with Crippen LogP contribution < -0.4 is 0 Å². The van der Waals surface area contributed by atoms with Gasteiger partial charge in [-0.1, -0.05) is 127 Å². The van der Waals surface area contributed by atoms with Crippen LogP contribution in [0.2, 0.25) is 0 Å². The highest BCUT2D eigenvalue weighted by Crippen LogP contribution is 2.47. The third kappa shape index (κ3) is 3.14. The molecule has 0 saturated heterocycles. The Bertz CT molecular complexity index is 2750. The molecule has 204 valence electrons. The molecule has 7 aromatic carbocycles. The lowest BCUT2D eigenvalue weighted by molar-refractivity contribution is 0.669. The van der Waals surface area contributed by atoms with Crippen molar-refractivity contribution in [2.45, 2.75) is 0 Å². The summed E-state index contributed by atoms with van der Waals surface area (Å²) in [5.41, 5.74) is 8.94. The molecule has 0 bridgehead atoms. The molecule has 2 nitrogen and oxygen atoms in total. The van der Waals surface area contributed by atoms with E-state index in [4.69, 9.17) is 4.42 Å². The van der Waals surface area contributed by atoms with E-state index in [1.54, 1.807) is 0 Å². The van der Waals surface area contributed by atoms with E-state index >= 15 is 0 Å². The number of hydrogen-bond donors (Lipinski definition) is 0. The minimum absolute atomic E-state index is 0.901. The van der Waals surface area contributed by atoms with E-state index in [0.29, 0.717) is 0 Å². The van der Waals surface area contributed by atoms with Gasteiger partial charge in [-0.3, -0.25) is 0 Å². The van der Waals surface area contributed by atoms with Crippen LogP contribution in [0.1, 0.15) is 0 Å². The fraction of sp³-hybridized carbons (Fsp3) is 0. The number of rotatable bonds is 2. The Labute approximate surface area is 253 Å². The Morgan fingerprint density at radius 3 is 1.66 bits per heavy atom. The molecular weight excluding hydrogens is 534 g/mol. The van der Waals surface area contributed by atoms with Gasteiger partial charge < -0.3 is 8.82 Å². The summed E-state index contributed by atoms with van der Waals surface area (Å²) in [6.07, 6.45) is 0. The first-order valence-electron chi connectivity index (χ1n) is 15.1. The summed E-state index contributed by atoms with van der Waals surface area (Å²) in [7, 11) is 0. The van der Waals surface area contributed by atoms with E-state index in [-0.39, 0.29) is 0 Å². The van der Waals surface area contributed by atoms with Gasteiger partial charge in [0.1, 0.15) is 11.2 Å². The monoisotopic (exact) mass is 559 g/mol. The largest absolute Gasteiger partial charge is 0.456 e. The highest BCUT2D eigenvalue weighted by Gasteiger charge is 2.23. The molecule has 0 radical (unpaired) electrons. The number of aromatic nitrogens is 1. The first-order valence-corrected chi connectivity index (χ1v) is 15.1. The molecule has 0 aliphatic carbocycles.